The van der Waals surface area contributed by atoms with Crippen LogP contribution in [0, 0.1) is 0 Å². The average Bonchev–Trinajstić information content (AvgIpc) is 3.87. The van der Waals surface area contributed by atoms with Gasteiger partial charge in [0, 0.05) is 13.1 Å². The average molecular weight is 911 g/mol. The molecule has 4 heterocycles. The molecule has 0 saturated carbocycles. The van der Waals surface area contributed by atoms with Crippen LogP contribution in [0.15, 0.2) is 62.6 Å². The number of aromatic nitrogens is 4. The predicted octanol–water partition coefficient (Wildman–Crippen LogP) is 5.77. The molecule has 0 aliphatic rings. The summed E-state index contributed by atoms with van der Waals surface area (Å²) in [6.07, 6.45) is 22.0. The lowest BCUT2D eigenvalue weighted by atomic mass is 10.1. The number of hydrogen-bond donors (Lipinski definition) is 0. The Morgan fingerprint density at radius 2 is 0.545 bits per heavy atom. The number of esters is 2. The van der Waals surface area contributed by atoms with E-state index < -0.39 is 82.7 Å². The van der Waals surface area contributed by atoms with E-state index in [1.54, 1.807) is 0 Å². The van der Waals surface area contributed by atoms with Crippen molar-refractivity contribution in [3.63, 3.8) is 0 Å². The van der Waals surface area contributed by atoms with Crippen molar-refractivity contribution in [2.24, 2.45) is 0 Å². The molecule has 0 aliphatic carbocycles. The van der Waals surface area contributed by atoms with Gasteiger partial charge in [-0.05, 0) is 37.1 Å². The molecule has 16 nitrogen and oxygen atoms in total. The number of rotatable bonds is 29. The Balaban J connectivity index is 0.980. The van der Waals surface area contributed by atoms with Crippen molar-refractivity contribution >= 4 is 55.0 Å². The van der Waals surface area contributed by atoms with Crippen molar-refractivity contribution in [2.45, 2.75) is 168 Å². The molecule has 354 valence electrons. The highest BCUT2D eigenvalue weighted by Crippen LogP contribution is 2.18. The van der Waals surface area contributed by atoms with Gasteiger partial charge in [-0.15, -0.1) is 0 Å². The lowest BCUT2D eigenvalue weighted by molar-refractivity contribution is -0.153. The summed E-state index contributed by atoms with van der Waals surface area (Å²) < 4.78 is 13.7. The molecular weight excluding hydrogens is 849 g/mol. The highest BCUT2D eigenvalue weighted by Gasteiger charge is 2.23. The number of nitrogens with zero attached hydrogens (tertiary/aromatic N) is 4. The second kappa shape index (κ2) is 23.4. The van der Waals surface area contributed by atoms with Crippen LogP contribution in [-0.4, -0.2) is 43.4 Å². The summed E-state index contributed by atoms with van der Waals surface area (Å²) in [4.78, 5) is 131. The van der Waals surface area contributed by atoms with Crippen LogP contribution in [0.1, 0.15) is 142 Å². The Morgan fingerprint density at radius 3 is 0.788 bits per heavy atom. The van der Waals surface area contributed by atoms with Gasteiger partial charge in [-0.1, -0.05) is 129 Å². The van der Waals surface area contributed by atoms with Crippen LogP contribution in [0.5, 0.6) is 0 Å². The van der Waals surface area contributed by atoms with Crippen LogP contribution >= 0.6 is 0 Å². The first-order valence-corrected chi connectivity index (χ1v) is 24.0. The van der Waals surface area contributed by atoms with Gasteiger partial charge in [0.15, 0.2) is 0 Å². The van der Waals surface area contributed by atoms with E-state index in [9.17, 15) is 47.9 Å². The molecule has 0 amide bonds. The minimum atomic E-state index is -1.01. The van der Waals surface area contributed by atoms with Crippen LogP contribution in [0.2, 0.25) is 0 Å². The second-order valence-electron chi connectivity index (χ2n) is 17.6. The first-order chi connectivity index (χ1) is 31.9. The van der Waals surface area contributed by atoms with Gasteiger partial charge in [-0.3, -0.25) is 66.2 Å². The summed E-state index contributed by atoms with van der Waals surface area (Å²) in [5, 5.41) is -0.353. The molecule has 66 heavy (non-hydrogen) atoms. The van der Waals surface area contributed by atoms with E-state index >= 15 is 0 Å². The SMILES string of the molecule is CCCCCCCCCCCCn1c(=O)c2cc3c(=O)n(CC(=O)OCCOC(=O)Cn4c(=O)c5cc6c(=O)n(CCCCCCCCCCCC)c(=O)c6cc5c4=O)c(=O)c3cc2c1=O. The number of carbonyl (C=O) groups excluding carboxylic acids is 2. The molecule has 0 unspecified atom stereocenters. The quantitative estimate of drug-likeness (QED) is 0.0406. The van der Waals surface area contributed by atoms with Crippen molar-refractivity contribution in [3.8, 4) is 0 Å². The number of carbonyl (C=O) groups is 2. The maximum Gasteiger partial charge on any atom is 0.326 e. The van der Waals surface area contributed by atoms with E-state index in [0.717, 1.165) is 60.5 Å². The summed E-state index contributed by atoms with van der Waals surface area (Å²) in [6, 6.07) is 4.90. The molecule has 6 aromatic rings. The van der Waals surface area contributed by atoms with Crippen LogP contribution < -0.4 is 44.5 Å². The standard InChI is InChI=1S/C50H62N4O12/c1-3-5-7-9-11-13-15-17-19-21-23-51-43(57)33-27-37-38(28-34(33)44(51)58)48(62)53(47(37)61)31-41(55)65-25-26-66-42(56)32-54-49(63)39-29-35-36(30-40(39)50(54)64)46(60)52(45(35)59)24-22-20-18-16-14-12-10-8-6-4-2/h27-30H,3-26,31-32H2,1-2H3. The third-order valence-corrected chi connectivity index (χ3v) is 12.8. The monoisotopic (exact) mass is 910 g/mol. The Morgan fingerprint density at radius 1 is 0.333 bits per heavy atom. The van der Waals surface area contributed by atoms with Crippen molar-refractivity contribution in [1.82, 2.24) is 18.3 Å². The molecule has 0 radical (unpaired) electrons. The van der Waals surface area contributed by atoms with E-state index in [1.807, 2.05) is 0 Å². The van der Waals surface area contributed by atoms with Gasteiger partial charge in [0.25, 0.3) is 44.5 Å². The minimum absolute atomic E-state index is 0.0228. The van der Waals surface area contributed by atoms with Crippen molar-refractivity contribution < 1.29 is 19.1 Å². The van der Waals surface area contributed by atoms with Gasteiger partial charge >= 0.3 is 11.9 Å². The third kappa shape index (κ3) is 11.3. The van der Waals surface area contributed by atoms with Crippen molar-refractivity contribution in [2.75, 3.05) is 13.2 Å². The second-order valence-corrected chi connectivity index (χ2v) is 17.6. The normalized spacial score (nSPS) is 11.8. The van der Waals surface area contributed by atoms with Gasteiger partial charge in [0.2, 0.25) is 0 Å². The molecule has 0 aliphatic heterocycles. The molecule has 6 rings (SSSR count). The van der Waals surface area contributed by atoms with Gasteiger partial charge in [0.05, 0.1) is 43.1 Å². The molecular formula is C50H62N4O12. The molecule has 0 atom stereocenters. The Bertz CT molecular complexity index is 2730. The van der Waals surface area contributed by atoms with Crippen molar-refractivity contribution in [3.05, 3.63) is 107 Å². The molecule has 2 aromatic carbocycles. The van der Waals surface area contributed by atoms with E-state index in [0.29, 0.717) is 22.0 Å². The zero-order valence-corrected chi connectivity index (χ0v) is 38.4. The van der Waals surface area contributed by atoms with Gasteiger partial charge in [-0.2, -0.15) is 0 Å². The van der Waals surface area contributed by atoms with E-state index in [2.05, 4.69) is 13.8 Å². The Labute approximate surface area is 380 Å². The van der Waals surface area contributed by atoms with E-state index in [4.69, 9.17) is 9.47 Å². The number of ether oxygens (including phenoxy) is 2. The first kappa shape index (κ1) is 49.4. The zero-order valence-electron chi connectivity index (χ0n) is 38.4. The number of unbranched alkanes of at least 4 members (excludes halogenated alkanes) is 18. The summed E-state index contributed by atoms with van der Waals surface area (Å²) in [5.41, 5.74) is -5.51. The molecule has 0 saturated heterocycles. The van der Waals surface area contributed by atoms with Crippen LogP contribution in [0.4, 0.5) is 0 Å². The summed E-state index contributed by atoms with van der Waals surface area (Å²) in [5.74, 6) is -2.02. The molecule has 0 N–H and O–H groups in total. The fourth-order valence-electron chi connectivity index (χ4n) is 9.02. The van der Waals surface area contributed by atoms with Crippen LogP contribution in [-0.2, 0) is 45.2 Å². The maximum absolute atomic E-state index is 13.2. The maximum atomic E-state index is 13.2. The highest BCUT2D eigenvalue weighted by molar-refractivity contribution is 5.99. The van der Waals surface area contributed by atoms with Gasteiger partial charge in [-0.25, -0.2) is 0 Å². The van der Waals surface area contributed by atoms with Gasteiger partial charge < -0.3 is 9.47 Å². The summed E-state index contributed by atoms with van der Waals surface area (Å²) in [7, 11) is 0. The minimum Gasteiger partial charge on any atom is -0.461 e. The van der Waals surface area contributed by atoms with Crippen molar-refractivity contribution in [1.29, 1.82) is 0 Å². The Kier molecular flexibility index (Phi) is 17.5. The lowest BCUT2D eigenvalue weighted by Crippen LogP contribution is -2.31. The molecule has 0 spiro atoms. The van der Waals surface area contributed by atoms with Crippen LogP contribution in [0.3, 0.4) is 0 Å². The number of fused-ring (bicyclic) bond motifs is 4. The Hall–Kier alpha value is -6.06. The van der Waals surface area contributed by atoms with E-state index in [-0.39, 0.29) is 56.2 Å². The smallest absolute Gasteiger partial charge is 0.326 e. The number of benzene rings is 2. The molecule has 0 fully saturated rings. The fourth-order valence-corrected chi connectivity index (χ4v) is 9.02. The van der Waals surface area contributed by atoms with E-state index in [1.165, 1.54) is 88.5 Å². The third-order valence-electron chi connectivity index (χ3n) is 12.8. The summed E-state index contributed by atoms with van der Waals surface area (Å²) >= 11 is 0. The fraction of sp³-hybridized carbons (Fsp3) is 0.560. The molecule has 0 bridgehead atoms. The summed E-state index contributed by atoms with van der Waals surface area (Å²) in [6.45, 7) is 2.28. The zero-order chi connectivity index (χ0) is 47.3. The number of hydrogen-bond acceptors (Lipinski definition) is 12. The highest BCUT2D eigenvalue weighted by atomic mass is 16.6. The molecule has 4 aromatic heterocycles. The largest absolute Gasteiger partial charge is 0.461 e. The topological polar surface area (TPSA) is 209 Å². The van der Waals surface area contributed by atoms with Gasteiger partial charge in [0.1, 0.15) is 26.3 Å². The molecule has 16 heteroatoms. The predicted molar refractivity (Wildman–Crippen MR) is 255 cm³/mol. The lowest BCUT2D eigenvalue weighted by Gasteiger charge is -2.06. The first-order valence-electron chi connectivity index (χ1n) is 24.0. The van der Waals surface area contributed by atoms with Crippen LogP contribution in [0.25, 0.3) is 43.1 Å².